The smallest absolute Gasteiger partial charge is 0.255 e. The number of aromatic nitrogens is 1. The number of nitrogens with zero attached hydrogens (tertiary/aromatic N) is 1. The molecule has 100 valence electrons. The van der Waals surface area contributed by atoms with Crippen LogP contribution in [0.2, 0.25) is 0 Å². The molecule has 0 saturated heterocycles. The molecule has 4 nitrogen and oxygen atoms in total. The fourth-order valence-corrected chi connectivity index (χ4v) is 2.58. The Labute approximate surface area is 116 Å². The Kier molecular flexibility index (Phi) is 4.52. The second kappa shape index (κ2) is 6.33. The summed E-state index contributed by atoms with van der Waals surface area (Å²) < 4.78 is 0. The second-order valence-corrected chi connectivity index (χ2v) is 5.14. The van der Waals surface area contributed by atoms with Gasteiger partial charge >= 0.3 is 0 Å². The lowest BCUT2D eigenvalue weighted by molar-refractivity contribution is 0.0952. The predicted molar refractivity (Wildman–Crippen MR) is 78.6 cm³/mol. The van der Waals surface area contributed by atoms with Crippen LogP contribution in [0.15, 0.2) is 29.8 Å². The van der Waals surface area contributed by atoms with Gasteiger partial charge in [0.05, 0.1) is 12.1 Å². The molecule has 0 aromatic carbocycles. The van der Waals surface area contributed by atoms with E-state index in [1.54, 1.807) is 29.7 Å². The van der Waals surface area contributed by atoms with Gasteiger partial charge < -0.3 is 10.6 Å². The number of carbonyl (C=O) groups is 1. The van der Waals surface area contributed by atoms with E-state index >= 15 is 0 Å². The first-order valence-electron chi connectivity index (χ1n) is 6.22. The van der Waals surface area contributed by atoms with E-state index in [1.807, 2.05) is 19.2 Å². The number of aryl methyl sites for hydroxylation is 1. The largest absolute Gasteiger partial charge is 0.370 e. The van der Waals surface area contributed by atoms with Gasteiger partial charge in [-0.2, -0.15) is 0 Å². The van der Waals surface area contributed by atoms with Gasteiger partial charge in [-0.25, -0.2) is 4.98 Å². The van der Waals surface area contributed by atoms with Crippen LogP contribution in [0, 0.1) is 6.92 Å². The molecule has 0 aliphatic heterocycles. The van der Waals surface area contributed by atoms with E-state index in [9.17, 15) is 4.79 Å². The highest BCUT2D eigenvalue weighted by atomic mass is 32.1. The molecule has 0 saturated carbocycles. The quantitative estimate of drug-likeness (QED) is 0.882. The van der Waals surface area contributed by atoms with Gasteiger partial charge in [0.15, 0.2) is 0 Å². The van der Waals surface area contributed by atoms with Gasteiger partial charge in [0, 0.05) is 17.6 Å². The Bertz CT molecular complexity index is 565. The number of anilines is 1. The van der Waals surface area contributed by atoms with Gasteiger partial charge in [-0.3, -0.25) is 4.79 Å². The predicted octanol–water partition coefficient (Wildman–Crippen LogP) is 2.81. The molecule has 0 spiro atoms. The lowest BCUT2D eigenvalue weighted by Gasteiger charge is -2.09. The van der Waals surface area contributed by atoms with Crippen molar-refractivity contribution in [3.63, 3.8) is 0 Å². The molecule has 5 heteroatoms. The zero-order chi connectivity index (χ0) is 13.7. The Morgan fingerprint density at radius 1 is 1.42 bits per heavy atom. The molecule has 1 amide bonds. The summed E-state index contributed by atoms with van der Waals surface area (Å²) in [7, 11) is 0. The van der Waals surface area contributed by atoms with E-state index in [4.69, 9.17) is 0 Å². The molecule has 0 radical (unpaired) electrons. The lowest BCUT2D eigenvalue weighted by Crippen LogP contribution is -2.24. The van der Waals surface area contributed by atoms with Crippen LogP contribution >= 0.6 is 11.3 Å². The molecule has 2 aromatic rings. The molecule has 2 heterocycles. The summed E-state index contributed by atoms with van der Waals surface area (Å²) in [5.41, 5.74) is 1.79. The topological polar surface area (TPSA) is 54.0 Å². The second-order valence-electron chi connectivity index (χ2n) is 4.14. The van der Waals surface area contributed by atoms with Crippen LogP contribution in [-0.4, -0.2) is 17.4 Å². The fraction of sp³-hybridized carbons (Fsp3) is 0.286. The molecule has 0 fully saturated rings. The maximum absolute atomic E-state index is 12.2. The third-order valence-electron chi connectivity index (χ3n) is 2.77. The Balaban J connectivity index is 2.06. The fourth-order valence-electron chi connectivity index (χ4n) is 1.74. The van der Waals surface area contributed by atoms with Crippen molar-refractivity contribution in [2.75, 3.05) is 11.9 Å². The van der Waals surface area contributed by atoms with Gasteiger partial charge in [0.1, 0.15) is 5.82 Å². The molecule has 2 aromatic heterocycles. The number of amides is 1. The van der Waals surface area contributed by atoms with Gasteiger partial charge in [-0.1, -0.05) is 0 Å². The molecule has 19 heavy (non-hydrogen) atoms. The van der Waals surface area contributed by atoms with Crippen molar-refractivity contribution < 1.29 is 4.79 Å². The van der Waals surface area contributed by atoms with E-state index < -0.39 is 0 Å². The highest BCUT2D eigenvalue weighted by Gasteiger charge is 2.11. The molecule has 0 unspecified atom stereocenters. The minimum atomic E-state index is -0.100. The van der Waals surface area contributed by atoms with Crippen molar-refractivity contribution in [2.45, 2.75) is 20.4 Å². The summed E-state index contributed by atoms with van der Waals surface area (Å²) >= 11 is 1.66. The Hall–Kier alpha value is -1.88. The maximum atomic E-state index is 12.2. The number of nitrogens with one attached hydrogen (secondary N) is 2. The summed E-state index contributed by atoms with van der Waals surface area (Å²) in [6.07, 6.45) is 1.68. The van der Waals surface area contributed by atoms with Gasteiger partial charge in [-0.15, -0.1) is 11.3 Å². The summed E-state index contributed by atoms with van der Waals surface area (Å²) in [5.74, 6) is 0.530. The average molecular weight is 275 g/mol. The summed E-state index contributed by atoms with van der Waals surface area (Å²) in [4.78, 5) is 17.5. The van der Waals surface area contributed by atoms with Crippen molar-refractivity contribution in [1.82, 2.24) is 10.3 Å². The first-order chi connectivity index (χ1) is 9.22. The molecular formula is C14H17N3OS. The van der Waals surface area contributed by atoms with Crippen LogP contribution in [0.4, 0.5) is 5.82 Å². The minimum Gasteiger partial charge on any atom is -0.370 e. The average Bonchev–Trinajstić information content (AvgIpc) is 2.82. The molecule has 0 aliphatic rings. The maximum Gasteiger partial charge on any atom is 0.255 e. The number of pyridine rings is 1. The zero-order valence-corrected chi connectivity index (χ0v) is 11.9. The van der Waals surface area contributed by atoms with Crippen molar-refractivity contribution in [3.8, 4) is 0 Å². The van der Waals surface area contributed by atoms with E-state index in [0.717, 1.165) is 6.54 Å². The van der Waals surface area contributed by atoms with Gasteiger partial charge in [0.2, 0.25) is 0 Å². The van der Waals surface area contributed by atoms with E-state index in [2.05, 4.69) is 21.7 Å². The van der Waals surface area contributed by atoms with Gasteiger partial charge in [0.25, 0.3) is 5.91 Å². The molecule has 0 atom stereocenters. The summed E-state index contributed by atoms with van der Waals surface area (Å²) in [6.45, 7) is 5.32. The Morgan fingerprint density at radius 2 is 2.26 bits per heavy atom. The molecule has 0 aliphatic carbocycles. The van der Waals surface area contributed by atoms with Crippen LogP contribution in [0.5, 0.6) is 0 Å². The van der Waals surface area contributed by atoms with E-state index in [0.29, 0.717) is 17.9 Å². The van der Waals surface area contributed by atoms with Crippen LogP contribution in [0.1, 0.15) is 27.7 Å². The minimum absolute atomic E-state index is 0.100. The number of hydrogen-bond donors (Lipinski definition) is 2. The normalized spacial score (nSPS) is 10.2. The Morgan fingerprint density at radius 3 is 2.95 bits per heavy atom. The highest BCUT2D eigenvalue weighted by Crippen LogP contribution is 2.16. The standard InChI is InChI=1S/C14H17N3OS/c1-3-15-13-11(5-4-7-16-13)14(18)17-9-12-10(2)6-8-19-12/h4-8H,3,9H2,1-2H3,(H,15,16)(H,17,18). The third-order valence-corrected chi connectivity index (χ3v) is 3.80. The zero-order valence-electron chi connectivity index (χ0n) is 11.1. The lowest BCUT2D eigenvalue weighted by atomic mass is 10.2. The van der Waals surface area contributed by atoms with Crippen molar-refractivity contribution in [3.05, 3.63) is 45.8 Å². The number of hydrogen-bond acceptors (Lipinski definition) is 4. The number of rotatable bonds is 5. The third kappa shape index (κ3) is 3.32. The highest BCUT2D eigenvalue weighted by molar-refractivity contribution is 7.10. The van der Waals surface area contributed by atoms with Crippen molar-refractivity contribution in [2.24, 2.45) is 0 Å². The van der Waals surface area contributed by atoms with E-state index in [-0.39, 0.29) is 5.91 Å². The van der Waals surface area contributed by atoms with Crippen molar-refractivity contribution in [1.29, 1.82) is 0 Å². The van der Waals surface area contributed by atoms with Crippen LogP contribution in [0.25, 0.3) is 0 Å². The van der Waals surface area contributed by atoms with Crippen LogP contribution in [-0.2, 0) is 6.54 Å². The van der Waals surface area contributed by atoms with Crippen LogP contribution in [0.3, 0.4) is 0 Å². The number of carbonyl (C=O) groups excluding carboxylic acids is 1. The van der Waals surface area contributed by atoms with Crippen LogP contribution < -0.4 is 10.6 Å². The number of thiophene rings is 1. The monoisotopic (exact) mass is 275 g/mol. The molecule has 2 N–H and O–H groups in total. The first kappa shape index (κ1) is 13.5. The summed E-state index contributed by atoms with van der Waals surface area (Å²) in [6, 6.07) is 5.61. The van der Waals surface area contributed by atoms with Gasteiger partial charge in [-0.05, 0) is 43.0 Å². The summed E-state index contributed by atoms with van der Waals surface area (Å²) in [5, 5.41) is 8.06. The molecule has 2 rings (SSSR count). The first-order valence-corrected chi connectivity index (χ1v) is 7.10. The SMILES string of the molecule is CCNc1ncccc1C(=O)NCc1sccc1C. The molecule has 0 bridgehead atoms. The van der Waals surface area contributed by atoms with E-state index in [1.165, 1.54) is 10.4 Å². The molecular weight excluding hydrogens is 258 g/mol. The van der Waals surface area contributed by atoms with Crippen molar-refractivity contribution >= 4 is 23.1 Å².